The quantitative estimate of drug-likeness (QED) is 0.794. The predicted molar refractivity (Wildman–Crippen MR) is 66.0 cm³/mol. The Morgan fingerprint density at radius 1 is 1.38 bits per heavy atom. The molecule has 16 heavy (non-hydrogen) atoms. The van der Waals surface area contributed by atoms with Crippen LogP contribution < -0.4 is 5.32 Å². The molecule has 0 aromatic heterocycles. The molecule has 1 N–H and O–H groups in total. The predicted octanol–water partition coefficient (Wildman–Crippen LogP) is 1.53. The van der Waals surface area contributed by atoms with Crippen molar-refractivity contribution in [3.63, 3.8) is 0 Å². The molecule has 4 nitrogen and oxygen atoms in total. The number of nitrogens with zero attached hydrogens (tertiary/aromatic N) is 1. The number of sulfonamides is 1. The number of rotatable bonds is 5. The topological polar surface area (TPSA) is 49.4 Å². The summed E-state index contributed by atoms with van der Waals surface area (Å²) in [6, 6.07) is 6.63. The molecule has 0 fully saturated rings. The number of hydrogen-bond donors (Lipinski definition) is 1. The van der Waals surface area contributed by atoms with Crippen LogP contribution in [0.2, 0.25) is 0 Å². The van der Waals surface area contributed by atoms with Gasteiger partial charge in [-0.2, -0.15) is 4.31 Å². The lowest BCUT2D eigenvalue weighted by molar-refractivity contribution is 0.499. The summed E-state index contributed by atoms with van der Waals surface area (Å²) >= 11 is 0. The molecule has 0 aliphatic rings. The van der Waals surface area contributed by atoms with E-state index < -0.39 is 10.0 Å². The van der Waals surface area contributed by atoms with Crippen molar-refractivity contribution >= 4 is 15.7 Å². The number of anilines is 1. The lowest BCUT2D eigenvalue weighted by Gasteiger charge is -2.15. The van der Waals surface area contributed by atoms with E-state index in [-0.39, 0.29) is 4.90 Å². The molecule has 5 heteroatoms. The summed E-state index contributed by atoms with van der Waals surface area (Å²) in [5.74, 6) is 0. The third-order valence-electron chi connectivity index (χ3n) is 2.24. The minimum absolute atomic E-state index is 0.288. The SMILES string of the molecule is C=CCN(C)S(=O)(=O)c1ccc(NC)cc1. The summed E-state index contributed by atoms with van der Waals surface area (Å²) in [7, 11) is -0.0760. The van der Waals surface area contributed by atoms with Crippen LogP contribution in [-0.2, 0) is 10.0 Å². The third-order valence-corrected chi connectivity index (χ3v) is 4.07. The minimum atomic E-state index is -3.39. The molecule has 0 aliphatic carbocycles. The van der Waals surface area contributed by atoms with Crippen molar-refractivity contribution in [3.05, 3.63) is 36.9 Å². The zero-order chi connectivity index (χ0) is 12.2. The first kappa shape index (κ1) is 12.7. The molecule has 0 aliphatic heterocycles. The van der Waals surface area contributed by atoms with E-state index in [1.807, 2.05) is 0 Å². The smallest absolute Gasteiger partial charge is 0.243 e. The van der Waals surface area contributed by atoms with E-state index in [0.717, 1.165) is 5.69 Å². The molecule has 0 radical (unpaired) electrons. The number of benzene rings is 1. The largest absolute Gasteiger partial charge is 0.388 e. The molecule has 0 bridgehead atoms. The first-order valence-corrected chi connectivity index (χ1v) is 6.31. The van der Waals surface area contributed by atoms with Crippen LogP contribution in [0, 0.1) is 0 Å². The first-order chi connectivity index (χ1) is 7.52. The molecule has 88 valence electrons. The molecule has 0 heterocycles. The van der Waals surface area contributed by atoms with E-state index in [4.69, 9.17) is 0 Å². The van der Waals surface area contributed by atoms with Crippen molar-refractivity contribution in [1.82, 2.24) is 4.31 Å². The highest BCUT2D eigenvalue weighted by Gasteiger charge is 2.18. The van der Waals surface area contributed by atoms with Crippen molar-refractivity contribution in [2.45, 2.75) is 4.90 Å². The van der Waals surface area contributed by atoms with Crippen LogP contribution in [0.15, 0.2) is 41.8 Å². The monoisotopic (exact) mass is 240 g/mol. The highest BCUT2D eigenvalue weighted by atomic mass is 32.2. The van der Waals surface area contributed by atoms with Crippen molar-refractivity contribution in [1.29, 1.82) is 0 Å². The van der Waals surface area contributed by atoms with Gasteiger partial charge in [-0.1, -0.05) is 6.08 Å². The molecular weight excluding hydrogens is 224 g/mol. The van der Waals surface area contributed by atoms with E-state index in [1.165, 1.54) is 11.4 Å². The van der Waals surface area contributed by atoms with Crippen molar-refractivity contribution in [3.8, 4) is 0 Å². The van der Waals surface area contributed by atoms with Gasteiger partial charge in [0, 0.05) is 26.3 Å². The number of hydrogen-bond acceptors (Lipinski definition) is 3. The zero-order valence-corrected chi connectivity index (χ0v) is 10.3. The third kappa shape index (κ3) is 2.62. The Labute approximate surface area is 96.6 Å². The van der Waals surface area contributed by atoms with Gasteiger partial charge in [0.2, 0.25) is 10.0 Å². The molecule has 0 spiro atoms. The molecule has 1 aromatic carbocycles. The van der Waals surface area contributed by atoms with Gasteiger partial charge in [-0.25, -0.2) is 8.42 Å². The van der Waals surface area contributed by atoms with E-state index in [0.29, 0.717) is 6.54 Å². The van der Waals surface area contributed by atoms with Gasteiger partial charge >= 0.3 is 0 Å². The van der Waals surface area contributed by atoms with Gasteiger partial charge < -0.3 is 5.32 Å². The zero-order valence-electron chi connectivity index (χ0n) is 9.47. The van der Waals surface area contributed by atoms with Gasteiger partial charge in [-0.05, 0) is 24.3 Å². The molecule has 0 saturated carbocycles. The summed E-state index contributed by atoms with van der Waals surface area (Å²) in [5, 5.41) is 2.94. The maximum atomic E-state index is 12.0. The van der Waals surface area contributed by atoms with Crippen LogP contribution in [0.3, 0.4) is 0 Å². The first-order valence-electron chi connectivity index (χ1n) is 4.87. The van der Waals surface area contributed by atoms with Crippen LogP contribution in [0.5, 0.6) is 0 Å². The molecule has 0 amide bonds. The maximum Gasteiger partial charge on any atom is 0.243 e. The van der Waals surface area contributed by atoms with Crippen molar-refractivity contribution in [2.24, 2.45) is 0 Å². The Hall–Kier alpha value is -1.33. The summed E-state index contributed by atoms with van der Waals surface area (Å²) in [5.41, 5.74) is 0.880. The van der Waals surface area contributed by atoms with Gasteiger partial charge in [-0.15, -0.1) is 6.58 Å². The molecule has 1 aromatic rings. The highest BCUT2D eigenvalue weighted by molar-refractivity contribution is 7.89. The van der Waals surface area contributed by atoms with Crippen LogP contribution in [0.1, 0.15) is 0 Å². The second kappa shape index (κ2) is 5.14. The fraction of sp³-hybridized carbons (Fsp3) is 0.273. The van der Waals surface area contributed by atoms with Crippen LogP contribution in [0.25, 0.3) is 0 Å². The van der Waals surface area contributed by atoms with E-state index in [1.54, 1.807) is 37.4 Å². The molecular formula is C11H16N2O2S. The second-order valence-corrected chi connectivity index (χ2v) is 5.39. The Bertz CT molecular complexity index is 451. The Kier molecular flexibility index (Phi) is 4.09. The van der Waals surface area contributed by atoms with E-state index in [2.05, 4.69) is 11.9 Å². The maximum absolute atomic E-state index is 12.0. The van der Waals surface area contributed by atoms with Crippen LogP contribution in [0.4, 0.5) is 5.69 Å². The molecule has 1 rings (SSSR count). The molecule has 0 unspecified atom stereocenters. The summed E-state index contributed by atoms with van der Waals surface area (Å²) < 4.78 is 25.2. The van der Waals surface area contributed by atoms with Crippen LogP contribution in [-0.4, -0.2) is 33.4 Å². The lowest BCUT2D eigenvalue weighted by atomic mass is 10.3. The van der Waals surface area contributed by atoms with E-state index >= 15 is 0 Å². The number of nitrogens with one attached hydrogen (secondary N) is 1. The lowest BCUT2D eigenvalue weighted by Crippen LogP contribution is -2.26. The van der Waals surface area contributed by atoms with Gasteiger partial charge in [0.1, 0.15) is 0 Å². The summed E-state index contributed by atoms with van der Waals surface area (Å²) in [6.07, 6.45) is 1.56. The Balaban J connectivity index is 3.02. The fourth-order valence-corrected chi connectivity index (χ4v) is 2.40. The number of likely N-dealkylation sites (N-methyl/N-ethyl adjacent to an activating group) is 1. The highest BCUT2D eigenvalue weighted by Crippen LogP contribution is 2.16. The summed E-state index contributed by atoms with van der Waals surface area (Å²) in [4.78, 5) is 0.288. The average Bonchev–Trinajstić information content (AvgIpc) is 2.29. The van der Waals surface area contributed by atoms with Crippen molar-refractivity contribution < 1.29 is 8.42 Å². The average molecular weight is 240 g/mol. The minimum Gasteiger partial charge on any atom is -0.388 e. The fourth-order valence-electron chi connectivity index (χ4n) is 1.25. The molecule has 0 saturated heterocycles. The Morgan fingerprint density at radius 2 is 1.94 bits per heavy atom. The van der Waals surface area contributed by atoms with Crippen molar-refractivity contribution in [2.75, 3.05) is 26.0 Å². The molecule has 0 atom stereocenters. The van der Waals surface area contributed by atoms with Gasteiger partial charge in [0.15, 0.2) is 0 Å². The van der Waals surface area contributed by atoms with Gasteiger partial charge in [0.05, 0.1) is 4.90 Å². The normalized spacial score (nSPS) is 11.4. The second-order valence-electron chi connectivity index (χ2n) is 3.35. The van der Waals surface area contributed by atoms with Gasteiger partial charge in [-0.3, -0.25) is 0 Å². The standard InChI is InChI=1S/C11H16N2O2S/c1-4-9-13(3)16(14,15)11-7-5-10(12-2)6-8-11/h4-8,12H,1,9H2,2-3H3. The van der Waals surface area contributed by atoms with Crippen LogP contribution >= 0.6 is 0 Å². The van der Waals surface area contributed by atoms with E-state index in [9.17, 15) is 8.42 Å². The summed E-state index contributed by atoms with van der Waals surface area (Å²) in [6.45, 7) is 3.82. The Morgan fingerprint density at radius 3 is 2.38 bits per heavy atom. The van der Waals surface area contributed by atoms with Gasteiger partial charge in [0.25, 0.3) is 0 Å².